The molecule has 0 aliphatic carbocycles. The maximum absolute atomic E-state index is 14.7. The van der Waals surface area contributed by atoms with Crippen molar-refractivity contribution >= 4 is 17.4 Å². The van der Waals surface area contributed by atoms with E-state index in [0.29, 0.717) is 23.8 Å². The number of hydrogen-bond acceptors (Lipinski definition) is 4. The van der Waals surface area contributed by atoms with Gasteiger partial charge >= 0.3 is 6.03 Å². The fourth-order valence-corrected chi connectivity index (χ4v) is 3.56. The molecular weight excluding hydrogens is 373 g/mol. The average Bonchev–Trinajstić information content (AvgIpc) is 3.28. The molecule has 0 saturated carbocycles. The second kappa shape index (κ2) is 8.86. The maximum Gasteiger partial charge on any atom is 0.329 e. The number of nitrogens with one attached hydrogen (secondary N) is 1. The van der Waals surface area contributed by atoms with Gasteiger partial charge in [0, 0.05) is 18.8 Å². The number of piperidine rings is 1. The summed E-state index contributed by atoms with van der Waals surface area (Å²) in [4.78, 5) is 16.4. The minimum absolute atomic E-state index is 0.0626. The smallest absolute Gasteiger partial charge is 0.329 e. The van der Waals surface area contributed by atoms with Gasteiger partial charge in [0.05, 0.1) is 12.2 Å². The number of carbonyl (C=O) groups excluding carboxylic acids is 1. The van der Waals surface area contributed by atoms with Gasteiger partial charge in [0.25, 0.3) is 0 Å². The van der Waals surface area contributed by atoms with Crippen LogP contribution in [0.3, 0.4) is 0 Å². The number of urea groups is 1. The highest BCUT2D eigenvalue weighted by atomic mass is 19.1. The molecule has 0 atom stereocenters. The number of amides is 2. The molecule has 29 heavy (non-hydrogen) atoms. The van der Waals surface area contributed by atoms with E-state index in [1.54, 1.807) is 12.1 Å². The van der Waals surface area contributed by atoms with Crippen molar-refractivity contribution < 1.29 is 18.7 Å². The quantitative estimate of drug-likeness (QED) is 0.798. The van der Waals surface area contributed by atoms with Crippen LogP contribution in [0.1, 0.15) is 24.8 Å². The van der Waals surface area contributed by atoms with E-state index in [1.807, 2.05) is 30.3 Å². The lowest BCUT2D eigenvalue weighted by atomic mass is 10.1. The third-order valence-electron chi connectivity index (χ3n) is 5.05. The first-order valence-electron chi connectivity index (χ1n) is 9.82. The molecule has 0 radical (unpaired) electrons. The van der Waals surface area contributed by atoms with Gasteiger partial charge in [0.2, 0.25) is 12.7 Å². The van der Waals surface area contributed by atoms with E-state index < -0.39 is 6.03 Å². The topological polar surface area (TPSA) is 54.0 Å². The lowest BCUT2D eigenvalue weighted by molar-refractivity contribution is 0.0554. The van der Waals surface area contributed by atoms with Crippen LogP contribution in [0.2, 0.25) is 0 Å². The minimum atomic E-state index is -0.421. The summed E-state index contributed by atoms with van der Waals surface area (Å²) in [6, 6.07) is 14.0. The Morgan fingerprint density at radius 2 is 1.90 bits per heavy atom. The highest BCUT2D eigenvalue weighted by molar-refractivity contribution is 5.90. The SMILES string of the molecule is O=C(Nc1ccc(N2CCCCC2)c(F)c1)N(Cc1ccccc1)C1=COCO1. The van der Waals surface area contributed by atoms with Gasteiger partial charge in [0.1, 0.15) is 12.1 Å². The van der Waals surface area contributed by atoms with Gasteiger partial charge in [-0.05, 0) is 43.0 Å². The van der Waals surface area contributed by atoms with Crippen molar-refractivity contribution in [1.29, 1.82) is 0 Å². The Kier molecular flexibility index (Phi) is 5.84. The number of nitrogens with zero attached hydrogens (tertiary/aromatic N) is 2. The van der Waals surface area contributed by atoms with Gasteiger partial charge < -0.3 is 19.7 Å². The largest absolute Gasteiger partial charge is 0.459 e. The van der Waals surface area contributed by atoms with Gasteiger partial charge in [-0.2, -0.15) is 0 Å². The second-order valence-electron chi connectivity index (χ2n) is 7.10. The zero-order chi connectivity index (χ0) is 20.1. The van der Waals surface area contributed by atoms with E-state index >= 15 is 0 Å². The Hall–Kier alpha value is -3.22. The van der Waals surface area contributed by atoms with Crippen molar-refractivity contribution in [2.24, 2.45) is 0 Å². The number of anilines is 2. The van der Waals surface area contributed by atoms with Crippen LogP contribution in [-0.4, -0.2) is 30.8 Å². The number of hydrogen-bond donors (Lipinski definition) is 1. The van der Waals surface area contributed by atoms with Crippen LogP contribution in [0.4, 0.5) is 20.6 Å². The Morgan fingerprint density at radius 1 is 1.10 bits per heavy atom. The number of carbonyl (C=O) groups is 1. The van der Waals surface area contributed by atoms with E-state index in [-0.39, 0.29) is 12.6 Å². The molecule has 1 saturated heterocycles. The summed E-state index contributed by atoms with van der Waals surface area (Å²) in [5.74, 6) is -0.0178. The monoisotopic (exact) mass is 397 g/mol. The fourth-order valence-electron chi connectivity index (χ4n) is 3.56. The lowest BCUT2D eigenvalue weighted by Gasteiger charge is -2.29. The van der Waals surface area contributed by atoms with Gasteiger partial charge in [-0.3, -0.25) is 4.90 Å². The number of benzene rings is 2. The molecule has 0 aromatic heterocycles. The molecule has 2 aliphatic rings. The zero-order valence-corrected chi connectivity index (χ0v) is 16.1. The van der Waals surface area contributed by atoms with Gasteiger partial charge in [0.15, 0.2) is 0 Å². The zero-order valence-electron chi connectivity index (χ0n) is 16.1. The molecule has 152 valence electrons. The summed E-state index contributed by atoms with van der Waals surface area (Å²) in [7, 11) is 0. The van der Waals surface area contributed by atoms with E-state index in [0.717, 1.165) is 31.5 Å². The van der Waals surface area contributed by atoms with Crippen LogP contribution in [0.25, 0.3) is 0 Å². The van der Waals surface area contributed by atoms with Crippen LogP contribution in [-0.2, 0) is 16.0 Å². The van der Waals surface area contributed by atoms with Crippen molar-refractivity contribution in [3.8, 4) is 0 Å². The fraction of sp³-hybridized carbons (Fsp3) is 0.318. The van der Waals surface area contributed by atoms with Crippen molar-refractivity contribution in [3.63, 3.8) is 0 Å². The Balaban J connectivity index is 1.48. The molecule has 2 amide bonds. The molecule has 6 nitrogen and oxygen atoms in total. The molecule has 1 fully saturated rings. The third-order valence-corrected chi connectivity index (χ3v) is 5.05. The average molecular weight is 397 g/mol. The summed E-state index contributed by atoms with van der Waals surface area (Å²) < 4.78 is 25.2. The predicted molar refractivity (Wildman–Crippen MR) is 109 cm³/mol. The molecular formula is C22H24FN3O3. The summed E-state index contributed by atoms with van der Waals surface area (Å²) in [5.41, 5.74) is 1.91. The normalized spacial score (nSPS) is 15.9. The molecule has 2 aromatic rings. The van der Waals surface area contributed by atoms with Crippen LogP contribution in [0.15, 0.2) is 60.7 Å². The molecule has 2 aliphatic heterocycles. The van der Waals surface area contributed by atoms with Gasteiger partial charge in [-0.25, -0.2) is 9.18 Å². The molecule has 2 heterocycles. The van der Waals surface area contributed by atoms with Crippen molar-refractivity contribution in [2.75, 3.05) is 30.1 Å². The highest BCUT2D eigenvalue weighted by Gasteiger charge is 2.24. The molecule has 0 unspecified atom stereocenters. The van der Waals surface area contributed by atoms with Crippen molar-refractivity contribution in [3.05, 3.63) is 72.1 Å². The molecule has 0 bridgehead atoms. The Bertz CT molecular complexity index is 882. The van der Waals surface area contributed by atoms with E-state index in [4.69, 9.17) is 9.47 Å². The first-order valence-corrected chi connectivity index (χ1v) is 9.82. The van der Waals surface area contributed by atoms with Crippen LogP contribution in [0, 0.1) is 5.82 Å². The van der Waals surface area contributed by atoms with Crippen molar-refractivity contribution in [1.82, 2.24) is 4.90 Å². The second-order valence-corrected chi connectivity index (χ2v) is 7.10. The predicted octanol–water partition coefficient (Wildman–Crippen LogP) is 4.65. The Morgan fingerprint density at radius 3 is 2.59 bits per heavy atom. The maximum atomic E-state index is 14.7. The summed E-state index contributed by atoms with van der Waals surface area (Å²) in [6.07, 6.45) is 4.74. The highest BCUT2D eigenvalue weighted by Crippen LogP contribution is 2.26. The molecule has 4 rings (SSSR count). The number of rotatable bonds is 5. The minimum Gasteiger partial charge on any atom is -0.459 e. The van der Waals surface area contributed by atoms with E-state index in [9.17, 15) is 9.18 Å². The molecule has 0 spiro atoms. The number of halogens is 1. The van der Waals surface area contributed by atoms with Crippen LogP contribution in [0.5, 0.6) is 0 Å². The standard InChI is InChI=1S/C22H24FN3O3/c23-19-13-18(9-10-20(19)25-11-5-2-6-12-25)24-22(27)26(21-15-28-16-29-21)14-17-7-3-1-4-8-17/h1,3-4,7-10,13,15H,2,5-6,11-12,14,16H2,(H,24,27). The van der Waals surface area contributed by atoms with Gasteiger partial charge in [-0.1, -0.05) is 30.3 Å². The van der Waals surface area contributed by atoms with E-state index in [1.165, 1.54) is 23.6 Å². The summed E-state index contributed by atoms with van der Waals surface area (Å²) >= 11 is 0. The number of ether oxygens (including phenoxy) is 2. The van der Waals surface area contributed by atoms with E-state index in [2.05, 4.69) is 10.2 Å². The lowest BCUT2D eigenvalue weighted by Crippen LogP contribution is -2.34. The first-order chi connectivity index (χ1) is 14.2. The summed E-state index contributed by atoms with van der Waals surface area (Å²) in [6.45, 7) is 2.08. The molecule has 1 N–H and O–H groups in total. The molecule has 7 heteroatoms. The van der Waals surface area contributed by atoms with Gasteiger partial charge in [-0.15, -0.1) is 0 Å². The van der Waals surface area contributed by atoms with Crippen LogP contribution < -0.4 is 10.2 Å². The first kappa shape index (κ1) is 19.1. The summed E-state index contributed by atoms with van der Waals surface area (Å²) in [5, 5.41) is 2.76. The van der Waals surface area contributed by atoms with Crippen LogP contribution >= 0.6 is 0 Å². The van der Waals surface area contributed by atoms with Crippen molar-refractivity contribution in [2.45, 2.75) is 25.8 Å². The Labute approximate surface area is 169 Å². The third kappa shape index (κ3) is 4.62. The molecule has 2 aromatic carbocycles.